The minimum atomic E-state index is -1.05. The highest BCUT2D eigenvalue weighted by Crippen LogP contribution is 2.33. The zero-order chi connectivity index (χ0) is 17.9. The normalized spacial score (nSPS) is 20.4. The van der Waals surface area contributed by atoms with Gasteiger partial charge in [-0.1, -0.05) is 30.3 Å². The first-order valence-corrected chi connectivity index (χ1v) is 8.27. The van der Waals surface area contributed by atoms with Gasteiger partial charge in [0.2, 0.25) is 6.29 Å². The molecule has 1 aliphatic heterocycles. The fourth-order valence-electron chi connectivity index (χ4n) is 2.77. The Balaban J connectivity index is 1.63. The Hall–Kier alpha value is -2.37. The van der Waals surface area contributed by atoms with Crippen molar-refractivity contribution in [2.24, 2.45) is 5.92 Å². The van der Waals surface area contributed by atoms with E-state index < -0.39 is 11.9 Å². The van der Waals surface area contributed by atoms with E-state index in [0.29, 0.717) is 5.75 Å². The third kappa shape index (κ3) is 4.59. The third-order valence-corrected chi connectivity index (χ3v) is 4.16. The molecule has 0 aromatic heterocycles. The summed E-state index contributed by atoms with van der Waals surface area (Å²) in [5, 5.41) is 10.2. The first kappa shape index (κ1) is 17.5. The fraction of sp³-hybridized carbons (Fsp3) is 0.350. The lowest BCUT2D eigenvalue weighted by Gasteiger charge is -2.28. The summed E-state index contributed by atoms with van der Waals surface area (Å²) in [4.78, 5) is 11.5. The van der Waals surface area contributed by atoms with Crippen LogP contribution in [0.2, 0.25) is 0 Å². The zero-order valence-electron chi connectivity index (χ0n) is 14.3. The quantitative estimate of drug-likeness (QED) is 0.812. The lowest BCUT2D eigenvalue weighted by atomic mass is 9.89. The van der Waals surface area contributed by atoms with E-state index in [9.17, 15) is 9.90 Å². The Kier molecular flexibility index (Phi) is 5.06. The van der Waals surface area contributed by atoms with Gasteiger partial charge in [0.15, 0.2) is 0 Å². The molecule has 0 spiro atoms. The van der Waals surface area contributed by atoms with Crippen LogP contribution in [-0.2, 0) is 20.9 Å². The molecule has 3 rings (SSSR count). The van der Waals surface area contributed by atoms with Crippen molar-refractivity contribution in [3.63, 3.8) is 0 Å². The molecule has 1 saturated heterocycles. The fourth-order valence-corrected chi connectivity index (χ4v) is 2.77. The highest BCUT2D eigenvalue weighted by atomic mass is 16.7. The van der Waals surface area contributed by atoms with Gasteiger partial charge < -0.3 is 19.3 Å². The highest BCUT2D eigenvalue weighted by Gasteiger charge is 2.44. The van der Waals surface area contributed by atoms with Crippen molar-refractivity contribution >= 4 is 5.97 Å². The molecule has 0 amide bonds. The van der Waals surface area contributed by atoms with Gasteiger partial charge in [-0.25, -0.2) is 0 Å². The molecule has 132 valence electrons. The predicted octanol–water partition coefficient (Wildman–Crippen LogP) is 3.66. The number of cyclic esters (lactones) is 1. The van der Waals surface area contributed by atoms with Crippen LogP contribution in [0.3, 0.4) is 0 Å². The summed E-state index contributed by atoms with van der Waals surface area (Å²) >= 11 is 0. The first-order valence-electron chi connectivity index (χ1n) is 8.27. The Labute approximate surface area is 147 Å². The molecule has 0 saturated carbocycles. The minimum absolute atomic E-state index is 0.158. The molecule has 1 heterocycles. The van der Waals surface area contributed by atoms with E-state index in [-0.39, 0.29) is 24.9 Å². The van der Waals surface area contributed by atoms with Crippen LogP contribution in [0.15, 0.2) is 54.6 Å². The van der Waals surface area contributed by atoms with Crippen molar-refractivity contribution in [1.29, 1.82) is 0 Å². The maximum atomic E-state index is 11.5. The number of esters is 1. The Bertz CT molecular complexity index is 720. The molecular formula is C20H22O5. The summed E-state index contributed by atoms with van der Waals surface area (Å²) in [6.07, 6.45) is -0.586. The van der Waals surface area contributed by atoms with Crippen LogP contribution in [0, 0.1) is 5.92 Å². The molecule has 0 radical (unpaired) electrons. The van der Waals surface area contributed by atoms with E-state index in [2.05, 4.69) is 0 Å². The topological polar surface area (TPSA) is 65.0 Å². The number of carbonyl (C=O) groups is 1. The van der Waals surface area contributed by atoms with E-state index in [1.807, 2.05) is 54.6 Å². The van der Waals surface area contributed by atoms with Gasteiger partial charge in [0.1, 0.15) is 11.5 Å². The molecule has 2 aromatic rings. The van der Waals surface area contributed by atoms with Crippen LogP contribution >= 0.6 is 0 Å². The first-order chi connectivity index (χ1) is 11.9. The maximum Gasteiger partial charge on any atom is 0.308 e. The summed E-state index contributed by atoms with van der Waals surface area (Å²) in [5.74, 6) is 0.726. The number of aliphatic hydroxyl groups is 1. The summed E-state index contributed by atoms with van der Waals surface area (Å²) in [6.45, 7) is 3.57. The van der Waals surface area contributed by atoms with Crippen molar-refractivity contribution in [3.8, 4) is 11.5 Å². The minimum Gasteiger partial charge on any atom is -0.457 e. The van der Waals surface area contributed by atoms with Crippen LogP contribution in [0.25, 0.3) is 0 Å². The lowest BCUT2D eigenvalue weighted by Crippen LogP contribution is -2.37. The van der Waals surface area contributed by atoms with E-state index in [4.69, 9.17) is 14.2 Å². The number of rotatable bonds is 6. The third-order valence-electron chi connectivity index (χ3n) is 4.16. The molecule has 2 atom stereocenters. The number of para-hydroxylation sites is 1. The van der Waals surface area contributed by atoms with Gasteiger partial charge in [-0.2, -0.15) is 0 Å². The SMILES string of the molecule is CC(C)(O)C1CC(=O)OC1OCc1cccc(Oc2ccccc2)c1. The molecule has 1 fully saturated rings. The van der Waals surface area contributed by atoms with Crippen molar-refractivity contribution in [3.05, 3.63) is 60.2 Å². The highest BCUT2D eigenvalue weighted by molar-refractivity contribution is 5.72. The van der Waals surface area contributed by atoms with Crippen LogP contribution in [0.5, 0.6) is 11.5 Å². The Morgan fingerprint density at radius 3 is 2.56 bits per heavy atom. The van der Waals surface area contributed by atoms with Crippen LogP contribution in [-0.4, -0.2) is 23.0 Å². The second kappa shape index (κ2) is 7.25. The van der Waals surface area contributed by atoms with Gasteiger partial charge in [-0.05, 0) is 43.7 Å². The van der Waals surface area contributed by atoms with E-state index >= 15 is 0 Å². The molecule has 0 bridgehead atoms. The van der Waals surface area contributed by atoms with E-state index in [1.54, 1.807) is 13.8 Å². The molecular weight excluding hydrogens is 320 g/mol. The van der Waals surface area contributed by atoms with Gasteiger partial charge >= 0.3 is 5.97 Å². The van der Waals surface area contributed by atoms with Gasteiger partial charge in [-0.3, -0.25) is 4.79 Å². The molecule has 1 aliphatic rings. The number of benzene rings is 2. The Morgan fingerprint density at radius 1 is 1.12 bits per heavy atom. The van der Waals surface area contributed by atoms with Crippen LogP contribution in [0.4, 0.5) is 0 Å². The summed E-state index contributed by atoms with van der Waals surface area (Å²) in [6, 6.07) is 17.1. The summed E-state index contributed by atoms with van der Waals surface area (Å²) in [5.41, 5.74) is -0.152. The number of ether oxygens (including phenoxy) is 3. The molecule has 2 aromatic carbocycles. The van der Waals surface area contributed by atoms with E-state index in [1.165, 1.54) is 0 Å². The second-order valence-electron chi connectivity index (χ2n) is 6.70. The summed E-state index contributed by atoms with van der Waals surface area (Å²) < 4.78 is 16.7. The number of hydrogen-bond donors (Lipinski definition) is 1. The zero-order valence-corrected chi connectivity index (χ0v) is 14.3. The average molecular weight is 342 g/mol. The predicted molar refractivity (Wildman–Crippen MR) is 92.0 cm³/mol. The molecule has 1 N–H and O–H groups in total. The number of carbonyl (C=O) groups excluding carboxylic acids is 1. The van der Waals surface area contributed by atoms with Crippen molar-refractivity contribution in [1.82, 2.24) is 0 Å². The molecule has 0 aliphatic carbocycles. The molecule has 25 heavy (non-hydrogen) atoms. The monoisotopic (exact) mass is 342 g/mol. The van der Waals surface area contributed by atoms with Gasteiger partial charge in [0.05, 0.1) is 24.5 Å². The van der Waals surface area contributed by atoms with Crippen LogP contribution in [0.1, 0.15) is 25.8 Å². The number of hydrogen-bond acceptors (Lipinski definition) is 5. The molecule has 5 heteroatoms. The van der Waals surface area contributed by atoms with Gasteiger partial charge in [-0.15, -0.1) is 0 Å². The maximum absolute atomic E-state index is 11.5. The Morgan fingerprint density at radius 2 is 1.84 bits per heavy atom. The lowest BCUT2D eigenvalue weighted by molar-refractivity contribution is -0.182. The smallest absolute Gasteiger partial charge is 0.308 e. The molecule has 2 unspecified atom stereocenters. The van der Waals surface area contributed by atoms with Gasteiger partial charge in [0.25, 0.3) is 0 Å². The largest absolute Gasteiger partial charge is 0.457 e. The van der Waals surface area contributed by atoms with Crippen molar-refractivity contribution in [2.75, 3.05) is 0 Å². The molecule has 5 nitrogen and oxygen atoms in total. The standard InChI is InChI=1S/C20H22O5/c1-20(2,22)17-12-18(21)25-19(17)23-13-14-7-6-10-16(11-14)24-15-8-4-3-5-9-15/h3-11,17,19,22H,12-13H2,1-2H3. The second-order valence-corrected chi connectivity index (χ2v) is 6.70. The average Bonchev–Trinajstić information content (AvgIpc) is 2.96. The van der Waals surface area contributed by atoms with Crippen molar-refractivity contribution in [2.45, 2.75) is 38.8 Å². The van der Waals surface area contributed by atoms with E-state index in [0.717, 1.165) is 11.3 Å². The van der Waals surface area contributed by atoms with Crippen molar-refractivity contribution < 1.29 is 24.1 Å². The van der Waals surface area contributed by atoms with Crippen LogP contribution < -0.4 is 4.74 Å². The summed E-state index contributed by atoms with van der Waals surface area (Å²) in [7, 11) is 0. The van der Waals surface area contributed by atoms with Gasteiger partial charge in [0, 0.05) is 0 Å².